The van der Waals surface area contributed by atoms with Crippen molar-refractivity contribution in [3.05, 3.63) is 64.4 Å². The van der Waals surface area contributed by atoms with Gasteiger partial charge in [0.1, 0.15) is 11.5 Å². The second kappa shape index (κ2) is 7.62. The minimum absolute atomic E-state index is 0.203. The number of Topliss-reactive ketones (excluding diaryl/α,β-unsaturated/α-hetero) is 1. The van der Waals surface area contributed by atoms with Crippen LogP contribution in [0.2, 0.25) is 5.02 Å². The molecule has 1 heterocycles. The largest absolute Gasteiger partial charge is 0.482 e. The van der Waals surface area contributed by atoms with Crippen molar-refractivity contribution in [1.29, 1.82) is 0 Å². The summed E-state index contributed by atoms with van der Waals surface area (Å²) < 4.78 is 16.0. The fourth-order valence-electron chi connectivity index (χ4n) is 2.44. The SMILES string of the molecule is CC(C)OC(=O)COc1ccc2c(c1)O/C(=C\c1cccc(Cl)c1)C2=O. The molecule has 0 spiro atoms. The molecule has 6 heteroatoms. The maximum Gasteiger partial charge on any atom is 0.344 e. The van der Waals surface area contributed by atoms with Crippen LogP contribution < -0.4 is 9.47 Å². The molecule has 0 fully saturated rings. The van der Waals surface area contributed by atoms with Crippen molar-refractivity contribution in [3.63, 3.8) is 0 Å². The topological polar surface area (TPSA) is 61.8 Å². The number of carbonyl (C=O) groups is 2. The first-order valence-corrected chi connectivity index (χ1v) is 8.46. The molecule has 26 heavy (non-hydrogen) atoms. The van der Waals surface area contributed by atoms with Gasteiger partial charge in [-0.1, -0.05) is 23.7 Å². The fraction of sp³-hybridized carbons (Fsp3) is 0.200. The van der Waals surface area contributed by atoms with Crippen LogP contribution in [0.5, 0.6) is 11.5 Å². The van der Waals surface area contributed by atoms with E-state index in [0.717, 1.165) is 5.56 Å². The molecular formula is C20H17ClO5. The van der Waals surface area contributed by atoms with Gasteiger partial charge in [0.2, 0.25) is 5.78 Å². The number of ether oxygens (including phenoxy) is 3. The van der Waals surface area contributed by atoms with Gasteiger partial charge in [-0.15, -0.1) is 0 Å². The van der Waals surface area contributed by atoms with Crippen molar-refractivity contribution >= 4 is 29.4 Å². The third-order valence-electron chi connectivity index (χ3n) is 3.51. The number of fused-ring (bicyclic) bond motifs is 1. The third-order valence-corrected chi connectivity index (χ3v) is 3.75. The van der Waals surface area contributed by atoms with Crippen molar-refractivity contribution in [2.24, 2.45) is 0 Å². The van der Waals surface area contributed by atoms with E-state index in [9.17, 15) is 9.59 Å². The summed E-state index contributed by atoms with van der Waals surface area (Å²) in [5, 5.41) is 0.575. The highest BCUT2D eigenvalue weighted by Gasteiger charge is 2.27. The predicted molar refractivity (Wildman–Crippen MR) is 97.6 cm³/mol. The Labute approximate surface area is 156 Å². The Morgan fingerprint density at radius 1 is 1.23 bits per heavy atom. The summed E-state index contributed by atoms with van der Waals surface area (Å²) in [5.74, 6) is 0.336. The summed E-state index contributed by atoms with van der Waals surface area (Å²) in [4.78, 5) is 24.0. The fourth-order valence-corrected chi connectivity index (χ4v) is 2.64. The van der Waals surface area contributed by atoms with Gasteiger partial charge in [-0.25, -0.2) is 4.79 Å². The lowest BCUT2D eigenvalue weighted by molar-refractivity contribution is -0.149. The number of benzene rings is 2. The molecule has 0 bridgehead atoms. The molecule has 0 aliphatic carbocycles. The van der Waals surface area contributed by atoms with Crippen LogP contribution in [-0.4, -0.2) is 24.5 Å². The van der Waals surface area contributed by atoms with Gasteiger partial charge < -0.3 is 14.2 Å². The first-order chi connectivity index (χ1) is 12.4. The molecule has 0 saturated heterocycles. The van der Waals surface area contributed by atoms with Crippen molar-refractivity contribution < 1.29 is 23.8 Å². The Balaban J connectivity index is 1.73. The zero-order valence-corrected chi connectivity index (χ0v) is 15.1. The lowest BCUT2D eigenvalue weighted by Gasteiger charge is -2.09. The van der Waals surface area contributed by atoms with Crippen molar-refractivity contribution in [2.45, 2.75) is 20.0 Å². The lowest BCUT2D eigenvalue weighted by atomic mass is 10.1. The van der Waals surface area contributed by atoms with Crippen LogP contribution in [0.3, 0.4) is 0 Å². The molecule has 0 saturated carbocycles. The molecule has 134 valence electrons. The Morgan fingerprint density at radius 3 is 2.77 bits per heavy atom. The maximum atomic E-state index is 12.4. The van der Waals surface area contributed by atoms with Crippen LogP contribution in [0.15, 0.2) is 48.2 Å². The summed E-state index contributed by atoms with van der Waals surface area (Å²) in [6.07, 6.45) is 1.43. The summed E-state index contributed by atoms with van der Waals surface area (Å²) >= 11 is 5.96. The summed E-state index contributed by atoms with van der Waals surface area (Å²) in [6.45, 7) is 3.32. The number of ketones is 1. The summed E-state index contributed by atoms with van der Waals surface area (Å²) in [6, 6.07) is 11.9. The zero-order chi connectivity index (χ0) is 18.7. The van der Waals surface area contributed by atoms with Crippen LogP contribution in [0.25, 0.3) is 6.08 Å². The summed E-state index contributed by atoms with van der Waals surface area (Å²) in [5.41, 5.74) is 1.21. The maximum absolute atomic E-state index is 12.4. The Hall–Kier alpha value is -2.79. The van der Waals surface area contributed by atoms with Gasteiger partial charge in [-0.05, 0) is 49.8 Å². The van der Waals surface area contributed by atoms with E-state index in [-0.39, 0.29) is 24.3 Å². The Kier molecular flexibility index (Phi) is 5.28. The molecule has 1 aliphatic heterocycles. The molecule has 0 atom stereocenters. The molecular weight excluding hydrogens is 356 g/mol. The van der Waals surface area contributed by atoms with Crippen LogP contribution in [0.4, 0.5) is 0 Å². The van der Waals surface area contributed by atoms with Gasteiger partial charge in [-0.3, -0.25) is 4.79 Å². The van der Waals surface area contributed by atoms with E-state index in [4.69, 9.17) is 25.8 Å². The monoisotopic (exact) mass is 372 g/mol. The molecule has 0 amide bonds. The predicted octanol–water partition coefficient (Wildman–Crippen LogP) is 4.29. The molecule has 3 rings (SSSR count). The highest BCUT2D eigenvalue weighted by molar-refractivity contribution is 6.30. The average molecular weight is 373 g/mol. The first kappa shape index (κ1) is 18.0. The molecule has 5 nitrogen and oxygen atoms in total. The van der Waals surface area contributed by atoms with Crippen LogP contribution >= 0.6 is 11.6 Å². The van der Waals surface area contributed by atoms with E-state index in [0.29, 0.717) is 22.1 Å². The van der Waals surface area contributed by atoms with E-state index in [2.05, 4.69) is 0 Å². The number of rotatable bonds is 5. The van der Waals surface area contributed by atoms with E-state index >= 15 is 0 Å². The number of allylic oxidation sites excluding steroid dienone is 1. The van der Waals surface area contributed by atoms with Gasteiger partial charge in [0.05, 0.1) is 11.7 Å². The van der Waals surface area contributed by atoms with Crippen LogP contribution in [-0.2, 0) is 9.53 Å². The second-order valence-electron chi connectivity index (χ2n) is 5.98. The molecule has 0 aromatic heterocycles. The second-order valence-corrected chi connectivity index (χ2v) is 6.42. The van der Waals surface area contributed by atoms with Crippen molar-refractivity contribution in [1.82, 2.24) is 0 Å². The van der Waals surface area contributed by atoms with Crippen LogP contribution in [0.1, 0.15) is 29.8 Å². The van der Waals surface area contributed by atoms with Gasteiger partial charge in [0, 0.05) is 11.1 Å². The summed E-state index contributed by atoms with van der Waals surface area (Å²) in [7, 11) is 0. The molecule has 1 aliphatic rings. The lowest BCUT2D eigenvalue weighted by Crippen LogP contribution is -2.18. The van der Waals surface area contributed by atoms with Gasteiger partial charge >= 0.3 is 5.97 Å². The number of carbonyl (C=O) groups excluding carboxylic acids is 2. The number of esters is 1. The molecule has 2 aromatic rings. The Morgan fingerprint density at radius 2 is 2.04 bits per heavy atom. The normalized spacial score (nSPS) is 14.3. The van der Waals surface area contributed by atoms with Crippen molar-refractivity contribution in [2.75, 3.05) is 6.61 Å². The van der Waals surface area contributed by atoms with Gasteiger partial charge in [0.15, 0.2) is 12.4 Å². The Bertz CT molecular complexity index is 886. The van der Waals surface area contributed by atoms with Gasteiger partial charge in [0.25, 0.3) is 0 Å². The van der Waals surface area contributed by atoms with Gasteiger partial charge in [-0.2, -0.15) is 0 Å². The van der Waals surface area contributed by atoms with E-state index in [1.54, 1.807) is 56.3 Å². The zero-order valence-electron chi connectivity index (χ0n) is 14.3. The minimum atomic E-state index is -0.459. The average Bonchev–Trinajstić information content (AvgIpc) is 2.88. The molecule has 0 N–H and O–H groups in total. The van der Waals surface area contributed by atoms with Crippen molar-refractivity contribution in [3.8, 4) is 11.5 Å². The van der Waals surface area contributed by atoms with E-state index in [1.165, 1.54) is 0 Å². The minimum Gasteiger partial charge on any atom is -0.482 e. The van der Waals surface area contributed by atoms with E-state index < -0.39 is 5.97 Å². The quantitative estimate of drug-likeness (QED) is 0.579. The number of halogens is 1. The molecule has 0 unspecified atom stereocenters. The highest BCUT2D eigenvalue weighted by Crippen LogP contribution is 2.35. The number of hydrogen-bond donors (Lipinski definition) is 0. The number of hydrogen-bond acceptors (Lipinski definition) is 5. The molecule has 2 aromatic carbocycles. The van der Waals surface area contributed by atoms with Crippen LogP contribution in [0, 0.1) is 0 Å². The molecule has 0 radical (unpaired) electrons. The highest BCUT2D eigenvalue weighted by atomic mass is 35.5. The first-order valence-electron chi connectivity index (χ1n) is 8.08. The van der Waals surface area contributed by atoms with E-state index in [1.807, 2.05) is 6.07 Å². The standard InChI is InChI=1S/C20H17ClO5/c1-12(2)25-19(22)11-24-15-6-7-16-17(10-15)26-18(20(16)23)9-13-4-3-5-14(21)8-13/h3-10,12H,11H2,1-2H3/b18-9-. The smallest absolute Gasteiger partial charge is 0.344 e. The third kappa shape index (κ3) is 4.24.